The molecule has 0 fully saturated rings. The zero-order valence-corrected chi connectivity index (χ0v) is 15.7. The van der Waals surface area contributed by atoms with Gasteiger partial charge in [-0.25, -0.2) is 4.79 Å². The molecule has 0 aliphatic carbocycles. The molecule has 6 heteroatoms. The van der Waals surface area contributed by atoms with Gasteiger partial charge in [-0.2, -0.15) is 0 Å². The lowest BCUT2D eigenvalue weighted by atomic mass is 9.99. The third kappa shape index (κ3) is 5.67. The number of hydrogen-bond acceptors (Lipinski definition) is 4. The van der Waals surface area contributed by atoms with Crippen molar-refractivity contribution in [2.75, 3.05) is 0 Å². The van der Waals surface area contributed by atoms with Crippen LogP contribution in [0.2, 0.25) is 0 Å². The summed E-state index contributed by atoms with van der Waals surface area (Å²) in [5.74, 6) is -0.854. The third-order valence-electron chi connectivity index (χ3n) is 4.23. The van der Waals surface area contributed by atoms with E-state index in [0.717, 1.165) is 16.7 Å². The van der Waals surface area contributed by atoms with Gasteiger partial charge in [0.25, 0.3) is 0 Å². The third-order valence-corrected chi connectivity index (χ3v) is 4.23. The van der Waals surface area contributed by atoms with Gasteiger partial charge in [-0.05, 0) is 38.0 Å². The normalized spacial score (nSPS) is 12.7. The van der Waals surface area contributed by atoms with E-state index in [2.05, 4.69) is 5.32 Å². The van der Waals surface area contributed by atoms with Crippen molar-refractivity contribution in [3.63, 3.8) is 0 Å². The Morgan fingerprint density at radius 1 is 1.07 bits per heavy atom. The van der Waals surface area contributed by atoms with Crippen LogP contribution in [0.1, 0.15) is 46.4 Å². The maximum atomic E-state index is 12.6. The van der Waals surface area contributed by atoms with E-state index < -0.39 is 24.1 Å². The minimum atomic E-state index is -0.928. The number of urea groups is 1. The van der Waals surface area contributed by atoms with Crippen molar-refractivity contribution in [1.82, 2.24) is 5.32 Å². The van der Waals surface area contributed by atoms with Crippen molar-refractivity contribution >= 4 is 17.8 Å². The lowest BCUT2D eigenvalue weighted by Gasteiger charge is -2.19. The van der Waals surface area contributed by atoms with Crippen molar-refractivity contribution < 1.29 is 19.1 Å². The standard InChI is InChI=1S/C21H24N2O4/c1-13-9-10-14(2)17(11-13)20(25)15(3)27-19(24)12-18(23-21(22)26)16-7-5-4-6-8-16/h4-11,15,18H,12H2,1-3H3,(H3,22,23,26)/t15-,18+/m0/s1. The number of benzene rings is 2. The molecule has 2 rings (SSSR count). The molecule has 0 aromatic heterocycles. The highest BCUT2D eigenvalue weighted by Gasteiger charge is 2.24. The van der Waals surface area contributed by atoms with E-state index in [1.54, 1.807) is 37.3 Å². The van der Waals surface area contributed by atoms with Gasteiger partial charge in [0.05, 0.1) is 12.5 Å². The largest absolute Gasteiger partial charge is 0.454 e. The summed E-state index contributed by atoms with van der Waals surface area (Å²) in [5, 5.41) is 2.53. The molecule has 0 aliphatic heterocycles. The molecule has 0 aliphatic rings. The van der Waals surface area contributed by atoms with Gasteiger partial charge in [0.15, 0.2) is 6.10 Å². The van der Waals surface area contributed by atoms with Crippen LogP contribution in [0.25, 0.3) is 0 Å². The molecule has 2 aromatic rings. The van der Waals surface area contributed by atoms with E-state index in [1.165, 1.54) is 0 Å². The van der Waals surface area contributed by atoms with Gasteiger partial charge in [-0.1, -0.05) is 48.0 Å². The van der Waals surface area contributed by atoms with Gasteiger partial charge >= 0.3 is 12.0 Å². The van der Waals surface area contributed by atoms with Gasteiger partial charge < -0.3 is 15.8 Å². The summed E-state index contributed by atoms with van der Waals surface area (Å²) in [7, 11) is 0. The first kappa shape index (κ1) is 20.2. The molecule has 2 atom stereocenters. The first-order valence-corrected chi connectivity index (χ1v) is 8.69. The summed E-state index contributed by atoms with van der Waals surface area (Å²) < 4.78 is 5.31. The van der Waals surface area contributed by atoms with Crippen molar-refractivity contribution in [2.45, 2.75) is 39.3 Å². The molecule has 0 radical (unpaired) electrons. The number of carbonyl (C=O) groups excluding carboxylic acids is 3. The maximum Gasteiger partial charge on any atom is 0.312 e. The number of rotatable bonds is 7. The number of carbonyl (C=O) groups is 3. The summed E-state index contributed by atoms with van der Waals surface area (Å²) in [6, 6.07) is 13.2. The zero-order valence-electron chi connectivity index (χ0n) is 15.7. The number of Topliss-reactive ketones (excluding diaryl/α,β-unsaturated/α-hetero) is 1. The number of nitrogens with one attached hydrogen (secondary N) is 1. The Kier molecular flexibility index (Phi) is 6.71. The number of ketones is 1. The maximum absolute atomic E-state index is 12.6. The average Bonchev–Trinajstić information content (AvgIpc) is 2.62. The number of nitrogens with two attached hydrogens (primary N) is 1. The predicted octanol–water partition coefficient (Wildman–Crippen LogP) is 3.22. The second kappa shape index (κ2) is 8.98. The van der Waals surface area contributed by atoms with Crippen LogP contribution in [-0.2, 0) is 9.53 Å². The first-order valence-electron chi connectivity index (χ1n) is 8.69. The highest BCUT2D eigenvalue weighted by molar-refractivity contribution is 6.01. The molecule has 0 bridgehead atoms. The monoisotopic (exact) mass is 368 g/mol. The molecular formula is C21H24N2O4. The van der Waals surface area contributed by atoms with E-state index in [4.69, 9.17) is 10.5 Å². The van der Waals surface area contributed by atoms with Crippen molar-refractivity contribution in [1.29, 1.82) is 0 Å². The lowest BCUT2D eigenvalue weighted by Crippen LogP contribution is -2.35. The van der Waals surface area contributed by atoms with Crippen LogP contribution in [0.3, 0.4) is 0 Å². The molecule has 3 N–H and O–H groups in total. The lowest BCUT2D eigenvalue weighted by molar-refractivity contribution is -0.146. The number of ether oxygens (including phenoxy) is 1. The number of primary amides is 1. The fourth-order valence-electron chi connectivity index (χ4n) is 2.80. The Labute approximate surface area is 158 Å². The molecule has 0 saturated carbocycles. The topological polar surface area (TPSA) is 98.5 Å². The molecule has 0 spiro atoms. The van der Waals surface area contributed by atoms with Crippen molar-refractivity contribution in [2.24, 2.45) is 5.73 Å². The molecule has 0 heterocycles. The number of hydrogen-bond donors (Lipinski definition) is 2. The fraction of sp³-hybridized carbons (Fsp3) is 0.286. The Morgan fingerprint density at radius 2 is 1.74 bits per heavy atom. The summed E-state index contributed by atoms with van der Waals surface area (Å²) in [5.41, 5.74) is 8.24. The average molecular weight is 368 g/mol. The Hall–Kier alpha value is -3.15. The summed E-state index contributed by atoms with van der Waals surface area (Å²) in [6.45, 7) is 5.28. The van der Waals surface area contributed by atoms with Crippen LogP contribution >= 0.6 is 0 Å². The van der Waals surface area contributed by atoms with Gasteiger partial charge in [0.1, 0.15) is 0 Å². The molecule has 2 aromatic carbocycles. The molecule has 142 valence electrons. The fourth-order valence-corrected chi connectivity index (χ4v) is 2.80. The van der Waals surface area contributed by atoms with Crippen LogP contribution < -0.4 is 11.1 Å². The van der Waals surface area contributed by atoms with Gasteiger partial charge in [-0.3, -0.25) is 9.59 Å². The van der Waals surface area contributed by atoms with Crippen molar-refractivity contribution in [3.05, 3.63) is 70.8 Å². The first-order chi connectivity index (χ1) is 12.8. The minimum Gasteiger partial charge on any atom is -0.454 e. The Balaban J connectivity index is 2.07. The van der Waals surface area contributed by atoms with Crippen LogP contribution in [0.15, 0.2) is 48.5 Å². The van der Waals surface area contributed by atoms with Crippen LogP contribution in [0.5, 0.6) is 0 Å². The Morgan fingerprint density at radius 3 is 2.37 bits per heavy atom. The van der Waals surface area contributed by atoms with Crippen molar-refractivity contribution in [3.8, 4) is 0 Å². The molecule has 0 unspecified atom stereocenters. The van der Waals surface area contributed by atoms with Gasteiger partial charge in [0.2, 0.25) is 5.78 Å². The summed E-state index contributed by atoms with van der Waals surface area (Å²) in [6.07, 6.45) is -1.06. The van der Waals surface area contributed by atoms with Gasteiger partial charge in [-0.15, -0.1) is 0 Å². The van der Waals surface area contributed by atoms with E-state index in [9.17, 15) is 14.4 Å². The molecule has 6 nitrogen and oxygen atoms in total. The van der Waals surface area contributed by atoms with E-state index in [1.807, 2.05) is 32.0 Å². The SMILES string of the molecule is Cc1ccc(C)c(C(=O)[C@H](C)OC(=O)C[C@@H](NC(N)=O)c2ccccc2)c1. The molecule has 2 amide bonds. The zero-order chi connectivity index (χ0) is 20.0. The van der Waals surface area contributed by atoms with E-state index in [0.29, 0.717) is 5.56 Å². The predicted molar refractivity (Wildman–Crippen MR) is 102 cm³/mol. The minimum absolute atomic E-state index is 0.128. The molecule has 0 saturated heterocycles. The highest BCUT2D eigenvalue weighted by atomic mass is 16.5. The number of esters is 1. The van der Waals surface area contributed by atoms with E-state index >= 15 is 0 Å². The molecular weight excluding hydrogens is 344 g/mol. The van der Waals surface area contributed by atoms with Crippen LogP contribution in [0.4, 0.5) is 4.79 Å². The van der Waals surface area contributed by atoms with Crippen LogP contribution in [0, 0.1) is 13.8 Å². The van der Waals surface area contributed by atoms with Gasteiger partial charge in [0, 0.05) is 5.56 Å². The highest BCUT2D eigenvalue weighted by Crippen LogP contribution is 2.19. The smallest absolute Gasteiger partial charge is 0.312 e. The Bertz CT molecular complexity index is 833. The second-order valence-corrected chi connectivity index (χ2v) is 6.49. The van der Waals surface area contributed by atoms with E-state index in [-0.39, 0.29) is 12.2 Å². The molecule has 27 heavy (non-hydrogen) atoms. The number of amides is 2. The summed E-state index contributed by atoms with van der Waals surface area (Å²) >= 11 is 0. The quantitative estimate of drug-likeness (QED) is 0.579. The summed E-state index contributed by atoms with van der Waals surface area (Å²) in [4.78, 5) is 36.2. The van der Waals surface area contributed by atoms with Crippen LogP contribution in [-0.4, -0.2) is 23.9 Å². The second-order valence-electron chi connectivity index (χ2n) is 6.49. The number of aryl methyl sites for hydroxylation is 2.